The van der Waals surface area contributed by atoms with Crippen molar-refractivity contribution in [2.45, 2.75) is 25.2 Å². The first-order valence-electron chi connectivity index (χ1n) is 9.72. The molecule has 1 fully saturated rings. The summed E-state index contributed by atoms with van der Waals surface area (Å²) in [4.78, 5) is 19.3. The molecule has 0 atom stereocenters. The van der Waals surface area contributed by atoms with Crippen molar-refractivity contribution in [2.75, 3.05) is 26.2 Å². The molecule has 2 aromatic heterocycles. The summed E-state index contributed by atoms with van der Waals surface area (Å²) in [5.41, 5.74) is 0.666. The molecular weight excluding hydrogens is 443 g/mol. The first-order chi connectivity index (χ1) is 14.8. The Morgan fingerprint density at radius 1 is 1.16 bits per heavy atom. The third-order valence-corrected chi connectivity index (χ3v) is 8.29. The van der Waals surface area contributed by atoms with E-state index in [1.165, 1.54) is 16.6 Å². The number of aryl methyl sites for hydroxylation is 2. The van der Waals surface area contributed by atoms with E-state index in [1.54, 1.807) is 36.9 Å². The monoisotopic (exact) mass is 464 g/mol. The van der Waals surface area contributed by atoms with E-state index >= 15 is 0 Å². The molecule has 0 radical (unpaired) electrons. The average molecular weight is 465 g/mol. The number of aromatic nitrogens is 2. The minimum absolute atomic E-state index is 0.0873. The highest BCUT2D eigenvalue weighted by molar-refractivity contribution is 7.89. The lowest BCUT2D eigenvalue weighted by Crippen LogP contribution is -2.37. The number of hydrogen-bond acceptors (Lipinski definition) is 7. The van der Waals surface area contributed by atoms with Gasteiger partial charge < -0.3 is 9.42 Å². The first-order valence-corrected chi connectivity index (χ1v) is 12.0. The standard InChI is InChI=1S/C20H21FN4O4S2/c1-13-18(14(2)29-23-13)31(27,28)25-9-5-8-24(10-11-25)20(26)17-12-22-19(30-17)15-6-3-4-7-16(15)21/h3-4,6-7,12H,5,8-11H2,1-2H3. The Morgan fingerprint density at radius 3 is 2.65 bits per heavy atom. The molecule has 3 aromatic rings. The summed E-state index contributed by atoms with van der Waals surface area (Å²) >= 11 is 1.12. The molecule has 31 heavy (non-hydrogen) atoms. The maximum Gasteiger partial charge on any atom is 0.265 e. The first kappa shape index (κ1) is 21.6. The number of nitrogens with zero attached hydrogens (tertiary/aromatic N) is 4. The van der Waals surface area contributed by atoms with Crippen LogP contribution in [0.1, 0.15) is 27.5 Å². The third-order valence-electron chi connectivity index (χ3n) is 5.13. The summed E-state index contributed by atoms with van der Waals surface area (Å²) < 4.78 is 46.5. The number of amides is 1. The molecule has 1 aliphatic heterocycles. The van der Waals surface area contributed by atoms with Gasteiger partial charge in [0.25, 0.3) is 5.91 Å². The molecule has 0 unspecified atom stereocenters. The van der Waals surface area contributed by atoms with Crippen LogP contribution in [0.25, 0.3) is 10.6 Å². The van der Waals surface area contributed by atoms with Crippen LogP contribution in [0.15, 0.2) is 39.9 Å². The van der Waals surface area contributed by atoms with Crippen LogP contribution in [0.3, 0.4) is 0 Å². The Labute approximate surface area is 183 Å². The van der Waals surface area contributed by atoms with E-state index in [9.17, 15) is 17.6 Å². The van der Waals surface area contributed by atoms with Gasteiger partial charge in [-0.1, -0.05) is 17.3 Å². The summed E-state index contributed by atoms with van der Waals surface area (Å²) in [5, 5.41) is 4.17. The predicted octanol–water partition coefficient (Wildman–Crippen LogP) is 3.09. The average Bonchev–Trinajstić information content (AvgIpc) is 3.26. The summed E-state index contributed by atoms with van der Waals surface area (Å²) in [7, 11) is -3.77. The number of benzene rings is 1. The molecule has 0 saturated carbocycles. The van der Waals surface area contributed by atoms with Crippen molar-refractivity contribution in [1.29, 1.82) is 0 Å². The van der Waals surface area contributed by atoms with E-state index < -0.39 is 15.8 Å². The van der Waals surface area contributed by atoms with Crippen LogP contribution >= 0.6 is 11.3 Å². The largest absolute Gasteiger partial charge is 0.360 e. The molecule has 0 bridgehead atoms. The van der Waals surface area contributed by atoms with Crippen LogP contribution in [0, 0.1) is 19.7 Å². The fourth-order valence-corrected chi connectivity index (χ4v) is 6.27. The van der Waals surface area contributed by atoms with Crippen LogP contribution in [0.2, 0.25) is 0 Å². The lowest BCUT2D eigenvalue weighted by Gasteiger charge is -2.21. The fraction of sp³-hybridized carbons (Fsp3) is 0.350. The van der Waals surface area contributed by atoms with Gasteiger partial charge in [-0.05, 0) is 32.4 Å². The minimum atomic E-state index is -3.77. The second kappa shape index (κ2) is 8.48. The normalized spacial score (nSPS) is 15.8. The zero-order valence-electron chi connectivity index (χ0n) is 17.0. The van der Waals surface area contributed by atoms with Gasteiger partial charge >= 0.3 is 0 Å². The van der Waals surface area contributed by atoms with Gasteiger partial charge in [-0.2, -0.15) is 4.31 Å². The summed E-state index contributed by atoms with van der Waals surface area (Å²) in [6, 6.07) is 6.27. The Kier molecular flexibility index (Phi) is 5.91. The maximum atomic E-state index is 14.0. The second-order valence-corrected chi connectivity index (χ2v) is 10.1. The van der Waals surface area contributed by atoms with Gasteiger partial charge in [-0.15, -0.1) is 11.3 Å². The molecule has 4 rings (SSSR count). The smallest absolute Gasteiger partial charge is 0.265 e. The quantitative estimate of drug-likeness (QED) is 0.589. The number of thiazole rings is 1. The molecule has 1 aliphatic rings. The molecule has 164 valence electrons. The van der Waals surface area contributed by atoms with Crippen molar-refractivity contribution >= 4 is 27.3 Å². The molecule has 8 nitrogen and oxygen atoms in total. The van der Waals surface area contributed by atoms with Crippen LogP contribution in [-0.4, -0.2) is 59.8 Å². The SMILES string of the molecule is Cc1noc(C)c1S(=O)(=O)N1CCCN(C(=O)c2cnc(-c3ccccc3F)s2)CC1. The highest BCUT2D eigenvalue weighted by Crippen LogP contribution is 2.29. The zero-order valence-corrected chi connectivity index (χ0v) is 18.7. The summed E-state index contributed by atoms with van der Waals surface area (Å²) in [5.74, 6) is -0.387. The number of hydrogen-bond donors (Lipinski definition) is 0. The van der Waals surface area contributed by atoms with E-state index in [0.717, 1.165) is 11.3 Å². The summed E-state index contributed by atoms with van der Waals surface area (Å²) in [6.07, 6.45) is 1.94. The van der Waals surface area contributed by atoms with Gasteiger partial charge in [0, 0.05) is 31.7 Å². The second-order valence-electron chi connectivity index (χ2n) is 7.21. The molecule has 1 saturated heterocycles. The van der Waals surface area contributed by atoms with E-state index in [4.69, 9.17) is 4.52 Å². The van der Waals surface area contributed by atoms with E-state index in [0.29, 0.717) is 40.7 Å². The number of carbonyl (C=O) groups is 1. The van der Waals surface area contributed by atoms with E-state index in [1.807, 2.05) is 0 Å². The predicted molar refractivity (Wildman–Crippen MR) is 113 cm³/mol. The van der Waals surface area contributed by atoms with Crippen molar-refractivity contribution in [3.8, 4) is 10.6 Å². The topological polar surface area (TPSA) is 96.6 Å². The number of rotatable bonds is 4. The summed E-state index contributed by atoms with van der Waals surface area (Å²) in [6.45, 7) is 4.27. The molecule has 1 amide bonds. The molecule has 0 spiro atoms. The Balaban J connectivity index is 1.49. The van der Waals surface area contributed by atoms with Gasteiger partial charge in [0.2, 0.25) is 10.0 Å². The number of sulfonamides is 1. The molecule has 1 aromatic carbocycles. The van der Waals surface area contributed by atoms with Crippen LogP contribution in [0.4, 0.5) is 4.39 Å². The van der Waals surface area contributed by atoms with Crippen molar-refractivity contribution in [2.24, 2.45) is 0 Å². The van der Waals surface area contributed by atoms with E-state index in [-0.39, 0.29) is 29.7 Å². The van der Waals surface area contributed by atoms with Gasteiger partial charge in [-0.25, -0.2) is 17.8 Å². The minimum Gasteiger partial charge on any atom is -0.360 e. The highest BCUT2D eigenvalue weighted by atomic mass is 32.2. The number of carbonyl (C=O) groups excluding carboxylic acids is 1. The van der Waals surface area contributed by atoms with Crippen molar-refractivity contribution < 1.29 is 22.1 Å². The number of halogens is 1. The van der Waals surface area contributed by atoms with Crippen LogP contribution < -0.4 is 0 Å². The zero-order chi connectivity index (χ0) is 22.2. The van der Waals surface area contributed by atoms with Gasteiger partial charge in [-0.3, -0.25) is 4.79 Å². The van der Waals surface area contributed by atoms with Crippen LogP contribution in [-0.2, 0) is 10.0 Å². The Bertz CT molecular complexity index is 1200. The van der Waals surface area contributed by atoms with Gasteiger partial charge in [0.1, 0.15) is 26.3 Å². The fourth-order valence-electron chi connectivity index (χ4n) is 3.60. The highest BCUT2D eigenvalue weighted by Gasteiger charge is 2.33. The van der Waals surface area contributed by atoms with Gasteiger partial charge in [0.05, 0.1) is 6.20 Å². The lowest BCUT2D eigenvalue weighted by molar-refractivity contribution is 0.0769. The molecule has 11 heteroatoms. The third kappa shape index (κ3) is 4.12. The van der Waals surface area contributed by atoms with E-state index in [2.05, 4.69) is 10.1 Å². The molecule has 0 N–H and O–H groups in total. The van der Waals surface area contributed by atoms with Crippen molar-refractivity contribution in [3.05, 3.63) is 52.6 Å². The van der Waals surface area contributed by atoms with Crippen LogP contribution in [0.5, 0.6) is 0 Å². The molecule has 3 heterocycles. The Hall–Kier alpha value is -2.63. The van der Waals surface area contributed by atoms with Crippen molar-refractivity contribution in [1.82, 2.24) is 19.3 Å². The van der Waals surface area contributed by atoms with Gasteiger partial charge in [0.15, 0.2) is 5.76 Å². The molecular formula is C20H21FN4O4S2. The molecule has 0 aliphatic carbocycles. The maximum absolute atomic E-state index is 14.0. The van der Waals surface area contributed by atoms with Crippen molar-refractivity contribution in [3.63, 3.8) is 0 Å². The lowest BCUT2D eigenvalue weighted by atomic mass is 10.2. The Morgan fingerprint density at radius 2 is 1.94 bits per heavy atom.